The molecule has 3 aromatic rings. The number of nitrogens with zero attached hydrogens (tertiary/aromatic N) is 4. The number of aromatic hydroxyl groups is 1. The molecule has 1 N–H and O–H groups in total. The van der Waals surface area contributed by atoms with Crippen molar-refractivity contribution in [1.29, 1.82) is 0 Å². The molecule has 1 fully saturated rings. The first kappa shape index (κ1) is 18.7. The Bertz CT molecular complexity index is 946. The van der Waals surface area contributed by atoms with Crippen molar-refractivity contribution < 1.29 is 9.84 Å². The highest BCUT2D eigenvalue weighted by Gasteiger charge is 2.34. The molecule has 0 bridgehead atoms. The van der Waals surface area contributed by atoms with Gasteiger partial charge in [0.2, 0.25) is 10.8 Å². The third-order valence-corrected chi connectivity index (χ3v) is 6.09. The summed E-state index contributed by atoms with van der Waals surface area (Å²) in [5, 5.41) is 16.0. The van der Waals surface area contributed by atoms with Crippen molar-refractivity contribution in [3.8, 4) is 5.88 Å². The number of morpholine rings is 1. The molecule has 8 heteroatoms. The molecule has 2 aromatic heterocycles. The molecule has 4 rings (SSSR count). The van der Waals surface area contributed by atoms with Gasteiger partial charge in [-0.1, -0.05) is 42.0 Å². The van der Waals surface area contributed by atoms with Crippen molar-refractivity contribution in [3.05, 3.63) is 45.6 Å². The third-order valence-electron chi connectivity index (χ3n) is 4.79. The van der Waals surface area contributed by atoms with Gasteiger partial charge in [0.05, 0.1) is 23.1 Å². The van der Waals surface area contributed by atoms with Crippen LogP contribution < -0.4 is 0 Å². The van der Waals surface area contributed by atoms with Crippen molar-refractivity contribution in [1.82, 2.24) is 19.5 Å². The summed E-state index contributed by atoms with van der Waals surface area (Å²) in [6, 6.07) is 7.69. The summed E-state index contributed by atoms with van der Waals surface area (Å²) in [6.07, 6.45) is 0.970. The van der Waals surface area contributed by atoms with Gasteiger partial charge in [-0.05, 0) is 31.5 Å². The summed E-state index contributed by atoms with van der Waals surface area (Å²) in [7, 11) is 0. The van der Waals surface area contributed by atoms with Crippen LogP contribution in [0.2, 0.25) is 5.02 Å². The van der Waals surface area contributed by atoms with E-state index in [1.54, 1.807) is 4.52 Å². The van der Waals surface area contributed by atoms with E-state index in [9.17, 15) is 5.11 Å². The van der Waals surface area contributed by atoms with Crippen molar-refractivity contribution in [2.75, 3.05) is 13.1 Å². The number of aromatic nitrogens is 3. The van der Waals surface area contributed by atoms with E-state index in [4.69, 9.17) is 16.3 Å². The lowest BCUT2D eigenvalue weighted by Crippen LogP contribution is -2.47. The van der Waals surface area contributed by atoms with Crippen LogP contribution in [0.15, 0.2) is 24.3 Å². The van der Waals surface area contributed by atoms with Crippen LogP contribution in [0.4, 0.5) is 0 Å². The topological polar surface area (TPSA) is 62.9 Å². The van der Waals surface area contributed by atoms with Gasteiger partial charge in [-0.2, -0.15) is 4.52 Å². The van der Waals surface area contributed by atoms with Crippen LogP contribution in [0.3, 0.4) is 0 Å². The summed E-state index contributed by atoms with van der Waals surface area (Å²) < 4.78 is 7.46. The molecule has 144 valence electrons. The standard InChI is InChI=1S/C19H23ClN4O2S/c1-4-15-21-19-24(22-15)18(25)17(27-19)16(13-6-5-7-14(20)8-13)23-9-11(2)26-12(3)10-23/h5-8,11-12,16,25H,4,9-10H2,1-3H3/t11-,12-,16-/m0/s1. The number of fused-ring (bicyclic) bond motifs is 1. The molecule has 1 aliphatic heterocycles. The maximum absolute atomic E-state index is 10.9. The number of ether oxygens (including phenoxy) is 1. The van der Waals surface area contributed by atoms with Gasteiger partial charge in [0.25, 0.3) is 0 Å². The first-order valence-corrected chi connectivity index (χ1v) is 10.4. The van der Waals surface area contributed by atoms with Gasteiger partial charge < -0.3 is 9.84 Å². The van der Waals surface area contributed by atoms with E-state index in [-0.39, 0.29) is 24.1 Å². The maximum atomic E-state index is 10.9. The molecule has 0 saturated carbocycles. The summed E-state index contributed by atoms with van der Waals surface area (Å²) in [5.41, 5.74) is 1.04. The van der Waals surface area contributed by atoms with Crippen molar-refractivity contribution in [2.24, 2.45) is 0 Å². The van der Waals surface area contributed by atoms with E-state index in [1.807, 2.05) is 31.2 Å². The number of halogens is 1. The summed E-state index contributed by atoms with van der Waals surface area (Å²) in [5.74, 6) is 0.884. The molecule has 27 heavy (non-hydrogen) atoms. The Hall–Kier alpha value is -1.67. The van der Waals surface area contributed by atoms with Crippen LogP contribution in [0, 0.1) is 0 Å². The van der Waals surface area contributed by atoms with Crippen LogP contribution >= 0.6 is 22.9 Å². The summed E-state index contributed by atoms with van der Waals surface area (Å²) in [6.45, 7) is 7.70. The monoisotopic (exact) mass is 406 g/mol. The van der Waals surface area contributed by atoms with E-state index in [0.29, 0.717) is 9.98 Å². The highest BCUT2D eigenvalue weighted by atomic mass is 35.5. The molecule has 0 spiro atoms. The molecule has 1 saturated heterocycles. The molecule has 1 aliphatic rings. The van der Waals surface area contributed by atoms with Crippen molar-refractivity contribution >= 4 is 27.9 Å². The van der Waals surface area contributed by atoms with Crippen LogP contribution in [0.1, 0.15) is 43.1 Å². The first-order chi connectivity index (χ1) is 13.0. The van der Waals surface area contributed by atoms with Gasteiger partial charge in [0.15, 0.2) is 5.82 Å². The zero-order valence-electron chi connectivity index (χ0n) is 15.6. The molecule has 3 atom stereocenters. The molecule has 6 nitrogen and oxygen atoms in total. The minimum absolute atomic E-state index is 0.117. The molecular formula is C19H23ClN4O2S. The molecule has 0 aliphatic carbocycles. The lowest BCUT2D eigenvalue weighted by molar-refractivity contribution is -0.0764. The molecule has 1 aromatic carbocycles. The van der Waals surface area contributed by atoms with Crippen molar-refractivity contribution in [2.45, 2.75) is 45.4 Å². The highest BCUT2D eigenvalue weighted by molar-refractivity contribution is 7.17. The number of rotatable bonds is 4. The van der Waals surface area contributed by atoms with Gasteiger partial charge in [0.1, 0.15) is 0 Å². The van der Waals surface area contributed by atoms with Gasteiger partial charge in [0, 0.05) is 24.5 Å². The molecule has 3 heterocycles. The summed E-state index contributed by atoms with van der Waals surface area (Å²) in [4.78, 5) is 8.40. The molecule has 0 unspecified atom stereocenters. The second-order valence-electron chi connectivity index (χ2n) is 7.03. The zero-order chi connectivity index (χ0) is 19.1. The predicted molar refractivity (Wildman–Crippen MR) is 107 cm³/mol. The van der Waals surface area contributed by atoms with E-state index >= 15 is 0 Å². The zero-order valence-corrected chi connectivity index (χ0v) is 17.2. The normalized spacial score (nSPS) is 22.4. The van der Waals surface area contributed by atoms with Gasteiger partial charge in [-0.15, -0.1) is 5.10 Å². The van der Waals surface area contributed by atoms with E-state index in [0.717, 1.165) is 35.8 Å². The number of thiazole rings is 1. The lowest BCUT2D eigenvalue weighted by atomic mass is 10.0. The van der Waals surface area contributed by atoms with Gasteiger partial charge >= 0.3 is 0 Å². The fourth-order valence-electron chi connectivity index (χ4n) is 3.75. The molecule has 0 radical (unpaired) electrons. The fraction of sp³-hybridized carbons (Fsp3) is 0.474. The smallest absolute Gasteiger partial charge is 0.230 e. The molecular weight excluding hydrogens is 384 g/mol. The van der Waals surface area contributed by atoms with Crippen LogP contribution in [0.25, 0.3) is 4.96 Å². The maximum Gasteiger partial charge on any atom is 0.230 e. The van der Waals surface area contributed by atoms with Crippen LogP contribution in [-0.4, -0.2) is 49.9 Å². The predicted octanol–water partition coefficient (Wildman–Crippen LogP) is 3.91. The number of aryl methyl sites for hydroxylation is 1. The second kappa shape index (κ2) is 7.39. The number of hydrogen-bond acceptors (Lipinski definition) is 6. The van der Waals surface area contributed by atoms with Crippen LogP contribution in [0.5, 0.6) is 5.88 Å². The Labute approximate surface area is 167 Å². The lowest BCUT2D eigenvalue weighted by Gasteiger charge is -2.40. The quantitative estimate of drug-likeness (QED) is 0.711. The Balaban J connectivity index is 1.82. The van der Waals surface area contributed by atoms with E-state index < -0.39 is 0 Å². The minimum atomic E-state index is -0.129. The van der Waals surface area contributed by atoms with E-state index in [1.165, 1.54) is 11.3 Å². The van der Waals surface area contributed by atoms with Gasteiger partial charge in [-0.3, -0.25) is 4.90 Å². The van der Waals surface area contributed by atoms with Gasteiger partial charge in [-0.25, -0.2) is 4.98 Å². The van der Waals surface area contributed by atoms with E-state index in [2.05, 4.69) is 28.8 Å². The largest absolute Gasteiger partial charge is 0.492 e. The average Bonchev–Trinajstić information content (AvgIpc) is 3.14. The Morgan fingerprint density at radius 1 is 1.33 bits per heavy atom. The average molecular weight is 407 g/mol. The highest BCUT2D eigenvalue weighted by Crippen LogP contribution is 2.41. The summed E-state index contributed by atoms with van der Waals surface area (Å²) >= 11 is 7.76. The fourth-order valence-corrected chi connectivity index (χ4v) is 5.09. The molecule has 0 amide bonds. The third kappa shape index (κ3) is 3.57. The Morgan fingerprint density at radius 3 is 2.70 bits per heavy atom. The minimum Gasteiger partial charge on any atom is -0.492 e. The number of benzene rings is 1. The Kier molecular flexibility index (Phi) is 5.11. The van der Waals surface area contributed by atoms with Crippen molar-refractivity contribution in [3.63, 3.8) is 0 Å². The SMILES string of the molecule is CCc1nc2sc([C@H](c3cccc(Cl)c3)N3C[C@H](C)O[C@@H](C)C3)c(O)n2n1. The number of hydrogen-bond donors (Lipinski definition) is 1. The Morgan fingerprint density at radius 2 is 2.07 bits per heavy atom. The first-order valence-electron chi connectivity index (χ1n) is 9.18. The second-order valence-corrected chi connectivity index (χ2v) is 8.48. The van der Waals surface area contributed by atoms with Crippen LogP contribution in [-0.2, 0) is 11.2 Å².